The molecule has 0 aromatic heterocycles. The van der Waals surface area contributed by atoms with E-state index >= 15 is 0 Å². The van der Waals surface area contributed by atoms with Crippen molar-refractivity contribution in [1.82, 2.24) is 0 Å². The van der Waals surface area contributed by atoms with Gasteiger partial charge in [0.15, 0.2) is 11.6 Å². The number of amides is 1. The number of anilines is 1. The van der Waals surface area contributed by atoms with Crippen LogP contribution in [0.4, 0.5) is 10.1 Å². The lowest BCUT2D eigenvalue weighted by molar-refractivity contribution is -0.117. The molecule has 0 aliphatic carbocycles. The topological polar surface area (TPSA) is 40.5 Å². The van der Waals surface area contributed by atoms with E-state index in [1.54, 1.807) is 0 Å². The number of phenolic OH excluding ortho intramolecular Hbond substituents is 1. The molecule has 0 bridgehead atoms. The maximum atomic E-state index is 13.0. The Morgan fingerprint density at radius 3 is 2.80 bits per heavy atom. The van der Waals surface area contributed by atoms with Gasteiger partial charge in [-0.3, -0.25) is 4.79 Å². The van der Waals surface area contributed by atoms with Crippen LogP contribution < -0.4 is 4.90 Å². The van der Waals surface area contributed by atoms with Gasteiger partial charge in [0.1, 0.15) is 0 Å². The van der Waals surface area contributed by atoms with Crippen molar-refractivity contribution in [3.63, 3.8) is 0 Å². The molecule has 0 saturated carbocycles. The highest BCUT2D eigenvalue weighted by molar-refractivity contribution is 6.24. The molecular weight excluding hydrogens is 221 g/mol. The third-order valence-electron chi connectivity index (χ3n) is 2.32. The van der Waals surface area contributed by atoms with E-state index in [4.69, 9.17) is 16.7 Å². The van der Waals surface area contributed by atoms with Crippen LogP contribution in [0.25, 0.3) is 0 Å². The van der Waals surface area contributed by atoms with Crippen LogP contribution in [0.3, 0.4) is 0 Å². The summed E-state index contributed by atoms with van der Waals surface area (Å²) < 4.78 is 13.0. The minimum Gasteiger partial charge on any atom is -0.505 e. The molecule has 1 amide bonds. The number of nitrogens with zero attached hydrogens (tertiary/aromatic N) is 1. The molecule has 1 aliphatic rings. The zero-order chi connectivity index (χ0) is 11.0. The Hall–Kier alpha value is -1.29. The van der Waals surface area contributed by atoms with Crippen molar-refractivity contribution in [2.75, 3.05) is 11.4 Å². The molecule has 1 heterocycles. The van der Waals surface area contributed by atoms with Gasteiger partial charge in [-0.1, -0.05) is 0 Å². The monoisotopic (exact) mass is 229 g/mol. The van der Waals surface area contributed by atoms with Crippen LogP contribution in [0.2, 0.25) is 0 Å². The Morgan fingerprint density at radius 2 is 2.27 bits per heavy atom. The van der Waals surface area contributed by atoms with Gasteiger partial charge in [0.25, 0.3) is 0 Å². The highest BCUT2D eigenvalue weighted by atomic mass is 35.5. The SMILES string of the molecule is O=C1CC(Cl)CN1c1ccc(O)c(F)c1. The molecule has 1 N–H and O–H groups in total. The molecule has 1 aromatic rings. The zero-order valence-electron chi connectivity index (χ0n) is 7.78. The van der Waals surface area contributed by atoms with Crippen LogP contribution in [-0.4, -0.2) is 22.9 Å². The summed E-state index contributed by atoms with van der Waals surface area (Å²) in [5, 5.41) is 8.77. The fourth-order valence-electron chi connectivity index (χ4n) is 1.58. The van der Waals surface area contributed by atoms with Gasteiger partial charge in [-0.05, 0) is 12.1 Å². The number of alkyl halides is 1. The molecule has 1 unspecified atom stereocenters. The van der Waals surface area contributed by atoms with Crippen LogP contribution in [0.5, 0.6) is 5.75 Å². The molecule has 1 fully saturated rings. The molecule has 0 radical (unpaired) electrons. The normalized spacial score (nSPS) is 21.1. The second-order valence-electron chi connectivity index (χ2n) is 3.44. The highest BCUT2D eigenvalue weighted by Crippen LogP contribution is 2.27. The van der Waals surface area contributed by atoms with Gasteiger partial charge in [-0.2, -0.15) is 0 Å². The van der Waals surface area contributed by atoms with E-state index in [1.807, 2.05) is 0 Å². The maximum absolute atomic E-state index is 13.0. The minimum absolute atomic E-state index is 0.125. The smallest absolute Gasteiger partial charge is 0.228 e. The molecule has 5 heteroatoms. The summed E-state index contributed by atoms with van der Waals surface area (Å²) in [6.45, 7) is 0.380. The summed E-state index contributed by atoms with van der Waals surface area (Å²) in [4.78, 5) is 12.9. The summed E-state index contributed by atoms with van der Waals surface area (Å²) in [7, 11) is 0. The third kappa shape index (κ3) is 1.90. The van der Waals surface area contributed by atoms with E-state index in [1.165, 1.54) is 17.0 Å². The summed E-state index contributed by atoms with van der Waals surface area (Å²) in [5.41, 5.74) is 0.429. The average molecular weight is 230 g/mol. The van der Waals surface area contributed by atoms with Crippen molar-refractivity contribution in [2.24, 2.45) is 0 Å². The number of hydrogen-bond acceptors (Lipinski definition) is 2. The molecule has 0 spiro atoms. The molecule has 1 atom stereocenters. The number of carbonyl (C=O) groups excluding carboxylic acids is 1. The lowest BCUT2D eigenvalue weighted by atomic mass is 10.2. The Bertz CT molecular complexity index is 410. The first-order valence-electron chi connectivity index (χ1n) is 4.51. The Morgan fingerprint density at radius 1 is 1.53 bits per heavy atom. The van der Waals surface area contributed by atoms with Gasteiger partial charge < -0.3 is 10.0 Å². The van der Waals surface area contributed by atoms with E-state index in [0.29, 0.717) is 12.2 Å². The first-order chi connectivity index (χ1) is 7.08. The number of benzene rings is 1. The molecular formula is C10H9ClFNO2. The van der Waals surface area contributed by atoms with Crippen LogP contribution >= 0.6 is 11.6 Å². The Balaban J connectivity index is 2.30. The van der Waals surface area contributed by atoms with Gasteiger partial charge in [0.2, 0.25) is 5.91 Å². The summed E-state index contributed by atoms with van der Waals surface area (Å²) >= 11 is 5.82. The van der Waals surface area contributed by atoms with Crippen LogP contribution in [-0.2, 0) is 4.79 Å². The van der Waals surface area contributed by atoms with Crippen molar-refractivity contribution < 1.29 is 14.3 Å². The van der Waals surface area contributed by atoms with Gasteiger partial charge in [-0.25, -0.2) is 4.39 Å². The van der Waals surface area contributed by atoms with Crippen molar-refractivity contribution in [3.8, 4) is 5.75 Å². The Labute approximate surface area is 91.1 Å². The molecule has 80 valence electrons. The fraction of sp³-hybridized carbons (Fsp3) is 0.300. The number of hydrogen-bond donors (Lipinski definition) is 1. The van der Waals surface area contributed by atoms with Crippen molar-refractivity contribution in [1.29, 1.82) is 0 Å². The predicted molar refractivity (Wildman–Crippen MR) is 54.7 cm³/mol. The first-order valence-corrected chi connectivity index (χ1v) is 4.94. The number of phenols is 1. The molecule has 2 rings (SSSR count). The van der Waals surface area contributed by atoms with Crippen LogP contribution in [0.15, 0.2) is 18.2 Å². The van der Waals surface area contributed by atoms with E-state index in [-0.39, 0.29) is 17.7 Å². The quantitative estimate of drug-likeness (QED) is 0.747. The van der Waals surface area contributed by atoms with Crippen molar-refractivity contribution >= 4 is 23.2 Å². The number of rotatable bonds is 1. The van der Waals surface area contributed by atoms with E-state index < -0.39 is 11.6 Å². The second kappa shape index (κ2) is 3.70. The van der Waals surface area contributed by atoms with E-state index in [9.17, 15) is 9.18 Å². The number of aromatic hydroxyl groups is 1. The average Bonchev–Trinajstić information content (AvgIpc) is 2.50. The number of halogens is 2. The predicted octanol–water partition coefficient (Wildman–Crippen LogP) is 1.88. The molecule has 15 heavy (non-hydrogen) atoms. The molecule has 3 nitrogen and oxygen atoms in total. The van der Waals surface area contributed by atoms with Crippen LogP contribution in [0, 0.1) is 5.82 Å². The summed E-state index contributed by atoms with van der Waals surface area (Å²) in [6.07, 6.45) is 0.268. The standard InChI is InChI=1S/C10H9ClFNO2/c11-6-3-10(15)13(5-6)7-1-2-9(14)8(12)4-7/h1-2,4,6,14H,3,5H2. The maximum Gasteiger partial charge on any atom is 0.228 e. The van der Waals surface area contributed by atoms with Gasteiger partial charge in [0.05, 0.1) is 5.38 Å². The lowest BCUT2D eigenvalue weighted by Crippen LogP contribution is -2.24. The lowest BCUT2D eigenvalue weighted by Gasteiger charge is -2.15. The zero-order valence-corrected chi connectivity index (χ0v) is 8.54. The van der Waals surface area contributed by atoms with Crippen molar-refractivity contribution in [3.05, 3.63) is 24.0 Å². The molecule has 1 aliphatic heterocycles. The van der Waals surface area contributed by atoms with Crippen LogP contribution in [0.1, 0.15) is 6.42 Å². The highest BCUT2D eigenvalue weighted by Gasteiger charge is 2.29. The van der Waals surface area contributed by atoms with Gasteiger partial charge >= 0.3 is 0 Å². The largest absolute Gasteiger partial charge is 0.505 e. The van der Waals surface area contributed by atoms with E-state index in [2.05, 4.69) is 0 Å². The van der Waals surface area contributed by atoms with Gasteiger partial charge in [0, 0.05) is 24.7 Å². The molecule has 1 saturated heterocycles. The second-order valence-corrected chi connectivity index (χ2v) is 4.06. The summed E-state index contributed by atoms with van der Waals surface area (Å²) in [5.74, 6) is -1.29. The molecule has 1 aromatic carbocycles. The van der Waals surface area contributed by atoms with Crippen molar-refractivity contribution in [2.45, 2.75) is 11.8 Å². The van der Waals surface area contributed by atoms with Gasteiger partial charge in [-0.15, -0.1) is 11.6 Å². The summed E-state index contributed by atoms with van der Waals surface area (Å²) in [6, 6.07) is 3.84. The Kier molecular flexibility index (Phi) is 2.52. The fourth-order valence-corrected chi connectivity index (χ4v) is 1.85. The first kappa shape index (κ1) is 10.2. The number of carbonyl (C=O) groups is 1. The van der Waals surface area contributed by atoms with E-state index in [0.717, 1.165) is 6.07 Å². The third-order valence-corrected chi connectivity index (χ3v) is 2.61. The minimum atomic E-state index is -0.738.